The van der Waals surface area contributed by atoms with E-state index in [0.29, 0.717) is 35.8 Å². The second-order valence-electron chi connectivity index (χ2n) is 8.64. The zero-order valence-corrected chi connectivity index (χ0v) is 20.6. The Morgan fingerprint density at radius 3 is 2.33 bits per heavy atom. The lowest BCUT2D eigenvalue weighted by Crippen LogP contribution is -2.29. The van der Waals surface area contributed by atoms with Gasteiger partial charge in [0.2, 0.25) is 0 Å². The van der Waals surface area contributed by atoms with Crippen molar-refractivity contribution in [1.29, 1.82) is 0 Å². The second-order valence-corrected chi connectivity index (χ2v) is 8.64. The summed E-state index contributed by atoms with van der Waals surface area (Å²) in [6.45, 7) is 5.32. The van der Waals surface area contributed by atoms with Crippen LogP contribution >= 0.6 is 0 Å². The Hall–Kier alpha value is -4.06. The first-order valence-electron chi connectivity index (χ1n) is 12.3. The molecule has 4 rings (SSSR count). The van der Waals surface area contributed by atoms with E-state index in [1.54, 1.807) is 18.2 Å². The topological polar surface area (TPSA) is 76.1 Å². The van der Waals surface area contributed by atoms with Gasteiger partial charge in [-0.1, -0.05) is 67.9 Å². The normalized spacial score (nSPS) is 16.8. The molecule has 1 fully saturated rings. The van der Waals surface area contributed by atoms with Gasteiger partial charge in [0, 0.05) is 12.1 Å². The van der Waals surface area contributed by atoms with Gasteiger partial charge >= 0.3 is 0 Å². The third-order valence-electron chi connectivity index (χ3n) is 6.12. The summed E-state index contributed by atoms with van der Waals surface area (Å²) in [6, 6.07) is 23.0. The van der Waals surface area contributed by atoms with Crippen LogP contribution in [0.5, 0.6) is 11.5 Å². The van der Waals surface area contributed by atoms with Gasteiger partial charge in [0.05, 0.1) is 24.8 Å². The van der Waals surface area contributed by atoms with Gasteiger partial charge in [-0.25, -0.2) is 0 Å². The molecule has 3 aromatic rings. The SMILES string of the molecule is CCCCOc1cccc(C(O)=C2C(=O)C(=O)N(Cc3ccccc3)C2c2ccc(OCC)cc2)c1. The molecule has 6 heteroatoms. The molecular formula is C30H31NO5. The largest absolute Gasteiger partial charge is 0.507 e. The number of amides is 1. The van der Waals surface area contributed by atoms with Crippen molar-refractivity contribution in [2.24, 2.45) is 0 Å². The van der Waals surface area contributed by atoms with Crippen LogP contribution in [-0.4, -0.2) is 34.9 Å². The highest BCUT2D eigenvalue weighted by Crippen LogP contribution is 2.41. The van der Waals surface area contributed by atoms with Crippen molar-refractivity contribution < 1.29 is 24.2 Å². The van der Waals surface area contributed by atoms with Crippen LogP contribution in [0.4, 0.5) is 0 Å². The number of carbonyl (C=O) groups excluding carboxylic acids is 2. The van der Waals surface area contributed by atoms with Gasteiger partial charge in [0.25, 0.3) is 11.7 Å². The van der Waals surface area contributed by atoms with Gasteiger partial charge < -0.3 is 19.5 Å². The highest BCUT2D eigenvalue weighted by Gasteiger charge is 2.46. The predicted molar refractivity (Wildman–Crippen MR) is 139 cm³/mol. The number of hydrogen-bond donors (Lipinski definition) is 1. The molecule has 0 radical (unpaired) electrons. The fraction of sp³-hybridized carbons (Fsp3) is 0.267. The summed E-state index contributed by atoms with van der Waals surface area (Å²) in [6.07, 6.45) is 1.92. The van der Waals surface area contributed by atoms with Gasteiger partial charge in [0.15, 0.2) is 0 Å². The molecule has 0 saturated carbocycles. The third kappa shape index (κ3) is 5.43. The Labute approximate surface area is 211 Å². The molecule has 186 valence electrons. The number of ether oxygens (including phenoxy) is 2. The van der Waals surface area contributed by atoms with E-state index in [1.807, 2.05) is 67.6 Å². The van der Waals surface area contributed by atoms with Crippen LogP contribution < -0.4 is 9.47 Å². The minimum Gasteiger partial charge on any atom is -0.507 e. The summed E-state index contributed by atoms with van der Waals surface area (Å²) in [7, 11) is 0. The van der Waals surface area contributed by atoms with Crippen LogP contribution in [0.2, 0.25) is 0 Å². The number of aliphatic hydroxyl groups is 1. The molecule has 0 aromatic heterocycles. The van der Waals surface area contributed by atoms with E-state index in [4.69, 9.17) is 9.47 Å². The maximum Gasteiger partial charge on any atom is 0.295 e. The number of Topliss-reactive ketones (excluding diaryl/α,β-unsaturated/α-hetero) is 1. The van der Waals surface area contributed by atoms with Crippen molar-refractivity contribution in [3.8, 4) is 11.5 Å². The summed E-state index contributed by atoms with van der Waals surface area (Å²) in [5, 5.41) is 11.4. The molecule has 3 aromatic carbocycles. The number of ketones is 1. The minimum atomic E-state index is -0.745. The van der Waals surface area contributed by atoms with Crippen molar-refractivity contribution in [2.45, 2.75) is 39.3 Å². The molecule has 1 amide bonds. The van der Waals surface area contributed by atoms with Crippen LogP contribution in [0.25, 0.3) is 5.76 Å². The molecule has 0 spiro atoms. The number of rotatable bonds is 10. The standard InChI is InChI=1S/C30H31NO5/c1-3-5-18-36-25-13-9-12-23(19-25)28(32)26-27(22-14-16-24(17-15-22)35-4-2)31(30(34)29(26)33)20-21-10-7-6-8-11-21/h6-17,19,27,32H,3-5,18,20H2,1-2H3. The number of likely N-dealkylation sites (tertiary alicyclic amines) is 1. The zero-order valence-electron chi connectivity index (χ0n) is 20.6. The van der Waals surface area contributed by atoms with E-state index in [1.165, 1.54) is 4.90 Å². The number of hydrogen-bond acceptors (Lipinski definition) is 5. The number of benzene rings is 3. The molecule has 1 saturated heterocycles. The highest BCUT2D eigenvalue weighted by molar-refractivity contribution is 6.46. The van der Waals surface area contributed by atoms with Crippen LogP contribution in [0.15, 0.2) is 84.4 Å². The van der Waals surface area contributed by atoms with Gasteiger partial charge in [-0.05, 0) is 48.7 Å². The Morgan fingerprint density at radius 2 is 1.64 bits per heavy atom. The molecule has 1 N–H and O–H groups in total. The lowest BCUT2D eigenvalue weighted by molar-refractivity contribution is -0.140. The fourth-order valence-corrected chi connectivity index (χ4v) is 4.31. The maximum atomic E-state index is 13.3. The van der Waals surface area contributed by atoms with Crippen molar-refractivity contribution >= 4 is 17.4 Å². The van der Waals surface area contributed by atoms with Gasteiger partial charge in [-0.3, -0.25) is 9.59 Å². The average molecular weight is 486 g/mol. The second kappa shape index (κ2) is 11.6. The first-order valence-corrected chi connectivity index (χ1v) is 12.3. The summed E-state index contributed by atoms with van der Waals surface area (Å²) < 4.78 is 11.3. The maximum absolute atomic E-state index is 13.3. The molecule has 1 unspecified atom stereocenters. The van der Waals surface area contributed by atoms with E-state index in [2.05, 4.69) is 6.92 Å². The molecule has 6 nitrogen and oxygen atoms in total. The van der Waals surface area contributed by atoms with Crippen molar-refractivity contribution in [3.05, 3.63) is 101 Å². The Bertz CT molecular complexity index is 1230. The van der Waals surface area contributed by atoms with E-state index < -0.39 is 17.7 Å². The Kier molecular flexibility index (Phi) is 8.06. The van der Waals surface area contributed by atoms with Crippen molar-refractivity contribution in [2.75, 3.05) is 13.2 Å². The zero-order chi connectivity index (χ0) is 25.5. The monoisotopic (exact) mass is 485 g/mol. The summed E-state index contributed by atoms with van der Waals surface area (Å²) in [5.74, 6) is -0.278. The summed E-state index contributed by atoms with van der Waals surface area (Å²) in [5.41, 5.74) is 2.09. The van der Waals surface area contributed by atoms with Crippen LogP contribution in [0, 0.1) is 0 Å². The van der Waals surface area contributed by atoms with Crippen molar-refractivity contribution in [1.82, 2.24) is 4.90 Å². The molecule has 1 aliphatic rings. The highest BCUT2D eigenvalue weighted by atomic mass is 16.5. The number of aliphatic hydroxyl groups excluding tert-OH is 1. The third-order valence-corrected chi connectivity index (χ3v) is 6.12. The molecule has 1 atom stereocenters. The number of nitrogens with zero attached hydrogens (tertiary/aromatic N) is 1. The first-order chi connectivity index (χ1) is 17.5. The van der Waals surface area contributed by atoms with E-state index in [-0.39, 0.29) is 17.9 Å². The summed E-state index contributed by atoms with van der Waals surface area (Å²) >= 11 is 0. The van der Waals surface area contributed by atoms with Gasteiger partial charge in [-0.15, -0.1) is 0 Å². The average Bonchev–Trinajstić information content (AvgIpc) is 3.15. The van der Waals surface area contributed by atoms with E-state index in [0.717, 1.165) is 18.4 Å². The van der Waals surface area contributed by atoms with E-state index >= 15 is 0 Å². The molecular weight excluding hydrogens is 454 g/mol. The van der Waals surface area contributed by atoms with Crippen molar-refractivity contribution in [3.63, 3.8) is 0 Å². The fourth-order valence-electron chi connectivity index (χ4n) is 4.31. The number of unbranched alkanes of at least 4 members (excludes halogenated alkanes) is 1. The lowest BCUT2D eigenvalue weighted by atomic mass is 9.95. The van der Waals surface area contributed by atoms with Gasteiger partial charge in [-0.2, -0.15) is 0 Å². The predicted octanol–water partition coefficient (Wildman–Crippen LogP) is 5.89. The lowest BCUT2D eigenvalue weighted by Gasteiger charge is -2.25. The number of carbonyl (C=O) groups is 2. The molecule has 1 heterocycles. The van der Waals surface area contributed by atoms with E-state index in [9.17, 15) is 14.7 Å². The summed E-state index contributed by atoms with van der Waals surface area (Å²) in [4.78, 5) is 28.1. The molecule has 0 bridgehead atoms. The van der Waals surface area contributed by atoms with Crippen LogP contribution in [-0.2, 0) is 16.1 Å². The quantitative estimate of drug-likeness (QED) is 0.168. The van der Waals surface area contributed by atoms with Gasteiger partial charge in [0.1, 0.15) is 17.3 Å². The van der Waals surface area contributed by atoms with Crippen LogP contribution in [0.1, 0.15) is 49.4 Å². The molecule has 1 aliphatic heterocycles. The van der Waals surface area contributed by atoms with Crippen LogP contribution in [0.3, 0.4) is 0 Å². The Morgan fingerprint density at radius 1 is 0.889 bits per heavy atom. The molecule has 0 aliphatic carbocycles. The Balaban J connectivity index is 1.77. The smallest absolute Gasteiger partial charge is 0.295 e. The first kappa shape index (κ1) is 25.0. The molecule has 36 heavy (non-hydrogen) atoms. The minimum absolute atomic E-state index is 0.0609.